The third-order valence-corrected chi connectivity index (χ3v) is 3.99. The number of phenolic OH excluding ortho intramolecular Hbond substituents is 1. The van der Waals surface area contributed by atoms with Crippen LogP contribution in [0.15, 0.2) is 18.2 Å². The Morgan fingerprint density at radius 2 is 2.18 bits per heavy atom. The van der Waals surface area contributed by atoms with Crippen LogP contribution < -0.4 is 5.32 Å². The maximum atomic E-state index is 11.8. The minimum Gasteiger partial charge on any atom is -0.506 e. The number of phenols is 1. The van der Waals surface area contributed by atoms with Crippen LogP contribution in [0.5, 0.6) is 5.75 Å². The molecule has 0 aliphatic carbocycles. The Kier molecular flexibility index (Phi) is 4.71. The topological polar surface area (TPSA) is 49.3 Å². The average molecular weight is 274 g/mol. The molecule has 1 aromatic rings. The van der Waals surface area contributed by atoms with Crippen molar-refractivity contribution >= 4 is 29.3 Å². The summed E-state index contributed by atoms with van der Waals surface area (Å²) in [5, 5.41) is 12.3. The first-order valence-corrected chi connectivity index (χ1v) is 6.78. The zero-order valence-corrected chi connectivity index (χ0v) is 11.7. The van der Waals surface area contributed by atoms with Gasteiger partial charge in [0.15, 0.2) is 0 Å². The van der Waals surface area contributed by atoms with Gasteiger partial charge in [0.25, 0.3) is 5.91 Å². The number of carbonyl (C=O) groups is 1. The summed E-state index contributed by atoms with van der Waals surface area (Å²) in [6.07, 6.45) is 2.00. The number of benzene rings is 1. The first-order chi connectivity index (χ1) is 7.85. The van der Waals surface area contributed by atoms with Gasteiger partial charge in [-0.2, -0.15) is 11.8 Å². The van der Waals surface area contributed by atoms with E-state index in [1.54, 1.807) is 17.8 Å². The molecule has 2 N–H and O–H groups in total. The van der Waals surface area contributed by atoms with Crippen molar-refractivity contribution in [3.05, 3.63) is 28.8 Å². The number of rotatable bonds is 4. The summed E-state index contributed by atoms with van der Waals surface area (Å²) >= 11 is 7.43. The summed E-state index contributed by atoms with van der Waals surface area (Å²) in [5.41, 5.74) is 0.449. The van der Waals surface area contributed by atoms with Crippen molar-refractivity contribution in [3.8, 4) is 5.75 Å². The van der Waals surface area contributed by atoms with Gasteiger partial charge < -0.3 is 10.4 Å². The predicted molar refractivity (Wildman–Crippen MR) is 73.0 cm³/mol. The molecule has 3 nitrogen and oxygen atoms in total. The number of halogens is 1. The Hall–Kier alpha value is -0.870. The van der Waals surface area contributed by atoms with Gasteiger partial charge in [-0.25, -0.2) is 0 Å². The number of carbonyl (C=O) groups excluding carboxylic acids is 1. The molecule has 1 rings (SSSR count). The summed E-state index contributed by atoms with van der Waals surface area (Å²) < 4.78 is -0.00360. The molecule has 0 unspecified atom stereocenters. The Morgan fingerprint density at radius 3 is 2.71 bits per heavy atom. The Morgan fingerprint density at radius 1 is 1.53 bits per heavy atom. The zero-order chi connectivity index (χ0) is 13.1. The van der Waals surface area contributed by atoms with E-state index in [1.807, 2.05) is 6.26 Å². The van der Waals surface area contributed by atoms with Crippen LogP contribution >= 0.6 is 23.4 Å². The molecule has 0 atom stereocenters. The van der Waals surface area contributed by atoms with E-state index < -0.39 is 0 Å². The van der Waals surface area contributed by atoms with Crippen molar-refractivity contribution in [2.45, 2.75) is 18.6 Å². The van der Waals surface area contributed by atoms with Crippen molar-refractivity contribution in [1.29, 1.82) is 0 Å². The summed E-state index contributed by atoms with van der Waals surface area (Å²) in [7, 11) is 0. The lowest BCUT2D eigenvalue weighted by molar-refractivity contribution is 0.0951. The Labute approximate surface area is 111 Å². The average Bonchev–Trinajstić information content (AvgIpc) is 2.30. The molecule has 1 aromatic carbocycles. The van der Waals surface area contributed by atoms with Gasteiger partial charge in [0, 0.05) is 16.9 Å². The van der Waals surface area contributed by atoms with Gasteiger partial charge in [-0.15, -0.1) is 0 Å². The van der Waals surface area contributed by atoms with E-state index in [-0.39, 0.29) is 21.4 Å². The quantitative estimate of drug-likeness (QED) is 0.887. The number of thioether (sulfide) groups is 1. The second kappa shape index (κ2) is 5.65. The Bertz CT molecular complexity index is 421. The van der Waals surface area contributed by atoms with E-state index in [2.05, 4.69) is 19.2 Å². The molecule has 0 aromatic heterocycles. The molecule has 0 saturated heterocycles. The fourth-order valence-electron chi connectivity index (χ4n) is 1.12. The molecule has 0 heterocycles. The fourth-order valence-corrected chi connectivity index (χ4v) is 1.51. The van der Waals surface area contributed by atoms with Crippen LogP contribution in [0, 0.1) is 0 Å². The molecular weight excluding hydrogens is 258 g/mol. The molecule has 17 heavy (non-hydrogen) atoms. The molecule has 1 amide bonds. The van der Waals surface area contributed by atoms with Crippen LogP contribution in [-0.2, 0) is 0 Å². The molecule has 5 heteroatoms. The molecule has 0 radical (unpaired) electrons. The van der Waals surface area contributed by atoms with Crippen LogP contribution in [-0.4, -0.2) is 28.6 Å². The zero-order valence-electron chi connectivity index (χ0n) is 10.1. The lowest BCUT2D eigenvalue weighted by atomic mass is 10.1. The fraction of sp³-hybridized carbons (Fsp3) is 0.417. The number of hydrogen-bond donors (Lipinski definition) is 2. The minimum atomic E-state index is -0.186. The smallest absolute Gasteiger partial charge is 0.251 e. The second-order valence-electron chi connectivity index (χ2n) is 4.31. The summed E-state index contributed by atoms with van der Waals surface area (Å²) in [6.45, 7) is 4.69. The highest BCUT2D eigenvalue weighted by atomic mass is 35.5. The van der Waals surface area contributed by atoms with Crippen LogP contribution in [0.4, 0.5) is 0 Å². The monoisotopic (exact) mass is 273 g/mol. The first-order valence-electron chi connectivity index (χ1n) is 5.17. The van der Waals surface area contributed by atoms with Crippen LogP contribution in [0.1, 0.15) is 24.2 Å². The first kappa shape index (κ1) is 14.2. The SMILES string of the molecule is CSC(C)(C)CNC(=O)c1ccc(O)c(Cl)c1. The van der Waals surface area contributed by atoms with E-state index in [1.165, 1.54) is 12.1 Å². The maximum Gasteiger partial charge on any atom is 0.251 e. The van der Waals surface area contributed by atoms with E-state index in [0.29, 0.717) is 12.1 Å². The van der Waals surface area contributed by atoms with Gasteiger partial charge in [0.1, 0.15) is 5.75 Å². The number of amides is 1. The molecule has 0 saturated carbocycles. The summed E-state index contributed by atoms with van der Waals surface area (Å²) in [4.78, 5) is 11.8. The molecular formula is C12H16ClNO2S. The lowest BCUT2D eigenvalue weighted by Gasteiger charge is -2.22. The lowest BCUT2D eigenvalue weighted by Crippen LogP contribution is -2.36. The summed E-state index contributed by atoms with van der Waals surface area (Å²) in [5.74, 6) is -0.207. The van der Waals surface area contributed by atoms with E-state index >= 15 is 0 Å². The van der Waals surface area contributed by atoms with Gasteiger partial charge >= 0.3 is 0 Å². The standard InChI is InChI=1S/C12H16ClNO2S/c1-12(2,17-3)7-14-11(16)8-4-5-10(15)9(13)6-8/h4-6,15H,7H2,1-3H3,(H,14,16). The van der Waals surface area contributed by atoms with E-state index in [0.717, 1.165) is 0 Å². The number of nitrogens with one attached hydrogen (secondary N) is 1. The van der Waals surface area contributed by atoms with Gasteiger partial charge in [0.2, 0.25) is 0 Å². The highest BCUT2D eigenvalue weighted by Gasteiger charge is 2.17. The van der Waals surface area contributed by atoms with Crippen molar-refractivity contribution in [2.75, 3.05) is 12.8 Å². The molecule has 0 aliphatic heterocycles. The molecule has 0 spiro atoms. The number of hydrogen-bond acceptors (Lipinski definition) is 3. The largest absolute Gasteiger partial charge is 0.506 e. The second-order valence-corrected chi connectivity index (χ2v) is 6.23. The normalized spacial score (nSPS) is 11.3. The van der Waals surface area contributed by atoms with Crippen molar-refractivity contribution in [1.82, 2.24) is 5.32 Å². The van der Waals surface area contributed by atoms with Gasteiger partial charge in [0.05, 0.1) is 5.02 Å². The van der Waals surface area contributed by atoms with E-state index in [4.69, 9.17) is 11.6 Å². The highest BCUT2D eigenvalue weighted by Crippen LogP contribution is 2.24. The Balaban J connectivity index is 2.68. The van der Waals surface area contributed by atoms with Crippen LogP contribution in [0.2, 0.25) is 5.02 Å². The predicted octanol–water partition coefficient (Wildman–Crippen LogP) is 2.92. The van der Waals surface area contributed by atoms with E-state index in [9.17, 15) is 9.90 Å². The molecule has 0 fully saturated rings. The maximum absolute atomic E-state index is 11.8. The highest BCUT2D eigenvalue weighted by molar-refractivity contribution is 7.99. The molecule has 94 valence electrons. The summed E-state index contributed by atoms with van der Waals surface area (Å²) in [6, 6.07) is 4.41. The molecule has 0 aliphatic rings. The number of aromatic hydroxyl groups is 1. The van der Waals surface area contributed by atoms with Gasteiger partial charge in [-0.3, -0.25) is 4.79 Å². The minimum absolute atomic E-state index is 0.00360. The van der Waals surface area contributed by atoms with Crippen LogP contribution in [0.3, 0.4) is 0 Å². The van der Waals surface area contributed by atoms with Crippen molar-refractivity contribution in [3.63, 3.8) is 0 Å². The third-order valence-electron chi connectivity index (χ3n) is 2.44. The van der Waals surface area contributed by atoms with Gasteiger partial charge in [-0.1, -0.05) is 11.6 Å². The van der Waals surface area contributed by atoms with Gasteiger partial charge in [-0.05, 0) is 38.3 Å². The van der Waals surface area contributed by atoms with Crippen molar-refractivity contribution in [2.24, 2.45) is 0 Å². The van der Waals surface area contributed by atoms with Crippen molar-refractivity contribution < 1.29 is 9.90 Å². The third kappa shape index (κ3) is 4.13. The van der Waals surface area contributed by atoms with Crippen LogP contribution in [0.25, 0.3) is 0 Å². The molecule has 0 bridgehead atoms.